The highest BCUT2D eigenvalue weighted by atomic mass is 127. The summed E-state index contributed by atoms with van der Waals surface area (Å²) in [6, 6.07) is 4.26. The Hall–Kier alpha value is -0.510. The van der Waals surface area contributed by atoms with Crippen molar-refractivity contribution in [3.63, 3.8) is 0 Å². The SMILES string of the molecule is Cc1cc2cc(I)c(C)c(C)c2o1. The first kappa shape index (κ1) is 9.06. The maximum atomic E-state index is 5.63. The van der Waals surface area contributed by atoms with Gasteiger partial charge in [0.2, 0.25) is 0 Å². The van der Waals surface area contributed by atoms with E-state index < -0.39 is 0 Å². The van der Waals surface area contributed by atoms with Crippen LogP contribution in [0.15, 0.2) is 16.5 Å². The second-order valence-corrected chi connectivity index (χ2v) is 4.55. The van der Waals surface area contributed by atoms with E-state index in [0.717, 1.165) is 11.3 Å². The molecule has 68 valence electrons. The predicted octanol–water partition coefficient (Wildman–Crippen LogP) is 3.96. The Kier molecular flexibility index (Phi) is 2.10. The van der Waals surface area contributed by atoms with Gasteiger partial charge in [-0.1, -0.05) is 0 Å². The summed E-state index contributed by atoms with van der Waals surface area (Å²) < 4.78 is 6.94. The van der Waals surface area contributed by atoms with Crippen LogP contribution < -0.4 is 0 Å². The molecular formula is C11H11IO. The van der Waals surface area contributed by atoms with Gasteiger partial charge in [0.25, 0.3) is 0 Å². The number of benzene rings is 1. The van der Waals surface area contributed by atoms with Gasteiger partial charge in [-0.3, -0.25) is 0 Å². The van der Waals surface area contributed by atoms with Gasteiger partial charge in [0.05, 0.1) is 0 Å². The van der Waals surface area contributed by atoms with Crippen LogP contribution in [0, 0.1) is 24.3 Å². The maximum absolute atomic E-state index is 5.63. The van der Waals surface area contributed by atoms with Crippen molar-refractivity contribution >= 4 is 33.6 Å². The monoisotopic (exact) mass is 286 g/mol. The normalized spacial score (nSPS) is 11.1. The third kappa shape index (κ3) is 1.37. The Bertz CT molecular complexity index is 468. The average molecular weight is 286 g/mol. The molecule has 1 heterocycles. The molecule has 0 N–H and O–H groups in total. The molecule has 0 bridgehead atoms. The largest absolute Gasteiger partial charge is 0.461 e. The Morgan fingerprint density at radius 2 is 1.77 bits per heavy atom. The van der Waals surface area contributed by atoms with Crippen LogP contribution in [-0.4, -0.2) is 0 Å². The molecule has 13 heavy (non-hydrogen) atoms. The molecule has 0 saturated heterocycles. The Labute approximate surface area is 91.3 Å². The standard InChI is InChI=1S/C11H11IO/c1-6-4-9-5-10(12)7(2)8(3)11(9)13-6/h4-5H,1-3H3. The van der Waals surface area contributed by atoms with Crippen LogP contribution in [0.25, 0.3) is 11.0 Å². The summed E-state index contributed by atoms with van der Waals surface area (Å²) in [6.07, 6.45) is 0. The second-order valence-electron chi connectivity index (χ2n) is 3.38. The lowest BCUT2D eigenvalue weighted by Gasteiger charge is -2.02. The first-order chi connectivity index (χ1) is 6.09. The van der Waals surface area contributed by atoms with Crippen LogP contribution in [0.2, 0.25) is 0 Å². The number of fused-ring (bicyclic) bond motifs is 1. The van der Waals surface area contributed by atoms with Gasteiger partial charge < -0.3 is 4.42 Å². The molecule has 1 nitrogen and oxygen atoms in total. The first-order valence-corrected chi connectivity index (χ1v) is 5.33. The molecular weight excluding hydrogens is 275 g/mol. The van der Waals surface area contributed by atoms with Crippen LogP contribution in [0.5, 0.6) is 0 Å². The molecule has 0 atom stereocenters. The van der Waals surface area contributed by atoms with Gasteiger partial charge in [-0.05, 0) is 66.6 Å². The molecule has 0 fully saturated rings. The number of halogens is 1. The summed E-state index contributed by atoms with van der Waals surface area (Å²) in [5.41, 5.74) is 3.62. The van der Waals surface area contributed by atoms with Gasteiger partial charge in [0, 0.05) is 8.96 Å². The molecule has 0 amide bonds. The van der Waals surface area contributed by atoms with Crippen molar-refractivity contribution in [1.29, 1.82) is 0 Å². The van der Waals surface area contributed by atoms with Gasteiger partial charge >= 0.3 is 0 Å². The fraction of sp³-hybridized carbons (Fsp3) is 0.273. The van der Waals surface area contributed by atoms with Crippen LogP contribution in [0.1, 0.15) is 16.9 Å². The third-order valence-corrected chi connectivity index (χ3v) is 3.55. The highest BCUT2D eigenvalue weighted by molar-refractivity contribution is 14.1. The molecule has 0 aliphatic rings. The lowest BCUT2D eigenvalue weighted by Crippen LogP contribution is -1.85. The van der Waals surface area contributed by atoms with Crippen molar-refractivity contribution in [1.82, 2.24) is 0 Å². The minimum atomic E-state index is 0.986. The molecule has 0 saturated carbocycles. The predicted molar refractivity (Wildman–Crippen MR) is 63.1 cm³/mol. The van der Waals surface area contributed by atoms with E-state index in [-0.39, 0.29) is 0 Å². The summed E-state index contributed by atoms with van der Waals surface area (Å²) in [5, 5.41) is 1.21. The number of hydrogen-bond acceptors (Lipinski definition) is 1. The van der Waals surface area contributed by atoms with Crippen LogP contribution >= 0.6 is 22.6 Å². The molecule has 1 aromatic carbocycles. The minimum absolute atomic E-state index is 0.986. The van der Waals surface area contributed by atoms with Crippen molar-refractivity contribution < 1.29 is 4.42 Å². The van der Waals surface area contributed by atoms with E-state index in [2.05, 4.69) is 48.6 Å². The van der Waals surface area contributed by atoms with Crippen molar-refractivity contribution in [3.05, 3.63) is 32.6 Å². The summed E-state index contributed by atoms with van der Waals surface area (Å²) in [6.45, 7) is 6.23. The van der Waals surface area contributed by atoms with Gasteiger partial charge in [-0.2, -0.15) is 0 Å². The summed E-state index contributed by atoms with van der Waals surface area (Å²) in [4.78, 5) is 0. The van der Waals surface area contributed by atoms with Gasteiger partial charge in [-0.15, -0.1) is 0 Å². The number of aryl methyl sites for hydroxylation is 2. The van der Waals surface area contributed by atoms with Gasteiger partial charge in [0.15, 0.2) is 0 Å². The van der Waals surface area contributed by atoms with Crippen molar-refractivity contribution in [2.45, 2.75) is 20.8 Å². The van der Waals surface area contributed by atoms with Gasteiger partial charge in [0.1, 0.15) is 11.3 Å². The summed E-state index contributed by atoms with van der Waals surface area (Å²) in [7, 11) is 0. The molecule has 0 radical (unpaired) electrons. The van der Waals surface area contributed by atoms with Crippen molar-refractivity contribution in [2.24, 2.45) is 0 Å². The zero-order valence-electron chi connectivity index (χ0n) is 7.94. The third-order valence-electron chi connectivity index (χ3n) is 2.43. The van der Waals surface area contributed by atoms with Gasteiger partial charge in [-0.25, -0.2) is 0 Å². The second kappa shape index (κ2) is 3.01. The summed E-state index contributed by atoms with van der Waals surface area (Å²) in [5.74, 6) is 0.986. The number of hydrogen-bond donors (Lipinski definition) is 0. The summed E-state index contributed by atoms with van der Waals surface area (Å²) >= 11 is 2.37. The molecule has 0 unspecified atom stereocenters. The molecule has 0 spiro atoms. The zero-order valence-corrected chi connectivity index (χ0v) is 10.1. The van der Waals surface area contributed by atoms with Crippen molar-refractivity contribution in [2.75, 3.05) is 0 Å². The first-order valence-electron chi connectivity index (χ1n) is 4.25. The van der Waals surface area contributed by atoms with Crippen molar-refractivity contribution in [3.8, 4) is 0 Å². The van der Waals surface area contributed by atoms with E-state index in [1.807, 2.05) is 6.92 Å². The van der Waals surface area contributed by atoms with E-state index in [1.165, 1.54) is 20.1 Å². The lowest BCUT2D eigenvalue weighted by molar-refractivity contribution is 0.576. The highest BCUT2D eigenvalue weighted by Gasteiger charge is 2.08. The fourth-order valence-electron chi connectivity index (χ4n) is 1.53. The Morgan fingerprint density at radius 3 is 2.46 bits per heavy atom. The molecule has 0 aliphatic carbocycles. The average Bonchev–Trinajstić information content (AvgIpc) is 2.42. The lowest BCUT2D eigenvalue weighted by atomic mass is 10.1. The van der Waals surface area contributed by atoms with E-state index in [4.69, 9.17) is 4.42 Å². The Balaban J connectivity index is 2.92. The zero-order chi connectivity index (χ0) is 9.59. The molecule has 2 aromatic rings. The molecule has 2 rings (SSSR count). The van der Waals surface area contributed by atoms with Crippen LogP contribution in [0.3, 0.4) is 0 Å². The van der Waals surface area contributed by atoms with E-state index in [1.54, 1.807) is 0 Å². The highest BCUT2D eigenvalue weighted by Crippen LogP contribution is 2.28. The topological polar surface area (TPSA) is 13.1 Å². The maximum Gasteiger partial charge on any atom is 0.137 e. The smallest absolute Gasteiger partial charge is 0.137 e. The molecule has 2 heteroatoms. The van der Waals surface area contributed by atoms with E-state index in [0.29, 0.717) is 0 Å². The fourth-order valence-corrected chi connectivity index (χ4v) is 2.27. The Morgan fingerprint density at radius 1 is 1.08 bits per heavy atom. The molecule has 0 aliphatic heterocycles. The number of furan rings is 1. The van der Waals surface area contributed by atoms with E-state index >= 15 is 0 Å². The van der Waals surface area contributed by atoms with E-state index in [9.17, 15) is 0 Å². The molecule has 1 aromatic heterocycles. The minimum Gasteiger partial charge on any atom is -0.461 e. The van der Waals surface area contributed by atoms with Crippen LogP contribution in [-0.2, 0) is 0 Å². The quantitative estimate of drug-likeness (QED) is 0.668. The number of rotatable bonds is 0. The van der Waals surface area contributed by atoms with Crippen LogP contribution in [0.4, 0.5) is 0 Å².